The summed E-state index contributed by atoms with van der Waals surface area (Å²) in [6, 6.07) is 14.2. The van der Waals surface area contributed by atoms with Crippen LogP contribution in [-0.2, 0) is 11.3 Å². The lowest BCUT2D eigenvalue weighted by molar-refractivity contribution is 0.0522. The minimum atomic E-state index is -0.658. The highest BCUT2D eigenvalue weighted by molar-refractivity contribution is 5.97. The number of hydrogen-bond donors (Lipinski definition) is 1. The molecular formula is C27H28O7. The molecular weight excluding hydrogens is 436 g/mol. The fourth-order valence-electron chi connectivity index (χ4n) is 3.67. The Hall–Kier alpha value is -4.00. The average molecular weight is 465 g/mol. The Bertz CT molecular complexity index is 1180. The molecule has 0 aliphatic rings. The van der Waals surface area contributed by atoms with Gasteiger partial charge in [-0.25, -0.2) is 9.59 Å². The number of methoxy groups -OCH3 is 1. The van der Waals surface area contributed by atoms with E-state index in [4.69, 9.17) is 18.9 Å². The molecule has 178 valence electrons. The molecule has 3 aromatic rings. The van der Waals surface area contributed by atoms with E-state index in [1.54, 1.807) is 33.8 Å². The monoisotopic (exact) mass is 464 g/mol. The van der Waals surface area contributed by atoms with Crippen molar-refractivity contribution in [2.24, 2.45) is 0 Å². The zero-order chi connectivity index (χ0) is 24.8. The zero-order valence-corrected chi connectivity index (χ0v) is 19.9. The highest BCUT2D eigenvalue weighted by Gasteiger charge is 2.24. The van der Waals surface area contributed by atoms with Crippen molar-refractivity contribution in [3.05, 3.63) is 81.9 Å². The van der Waals surface area contributed by atoms with Gasteiger partial charge in [-0.15, -0.1) is 0 Å². The number of benzene rings is 3. The third-order valence-corrected chi connectivity index (χ3v) is 5.30. The Morgan fingerprint density at radius 1 is 0.912 bits per heavy atom. The van der Waals surface area contributed by atoms with E-state index < -0.39 is 11.9 Å². The lowest BCUT2D eigenvalue weighted by Gasteiger charge is -2.18. The minimum absolute atomic E-state index is 0.0335. The molecule has 0 saturated heterocycles. The van der Waals surface area contributed by atoms with Gasteiger partial charge in [-0.1, -0.05) is 30.3 Å². The fourth-order valence-corrected chi connectivity index (χ4v) is 3.67. The number of esters is 2. The van der Waals surface area contributed by atoms with Crippen LogP contribution in [0.2, 0.25) is 0 Å². The topological polar surface area (TPSA) is 91.3 Å². The second-order valence-corrected chi connectivity index (χ2v) is 7.74. The maximum atomic E-state index is 13.1. The highest BCUT2D eigenvalue weighted by Crippen LogP contribution is 2.36. The van der Waals surface area contributed by atoms with Crippen molar-refractivity contribution in [1.29, 1.82) is 0 Å². The lowest BCUT2D eigenvalue weighted by atomic mass is 10.0. The largest absolute Gasteiger partial charge is 0.507 e. The summed E-state index contributed by atoms with van der Waals surface area (Å²) in [5, 5.41) is 10.3. The summed E-state index contributed by atoms with van der Waals surface area (Å²) in [7, 11) is 1.48. The summed E-state index contributed by atoms with van der Waals surface area (Å²) in [5.74, 6) is -0.592. The first-order valence-corrected chi connectivity index (χ1v) is 10.8. The van der Waals surface area contributed by atoms with Gasteiger partial charge in [0.2, 0.25) is 0 Å². The second-order valence-electron chi connectivity index (χ2n) is 7.74. The number of hydrogen-bond acceptors (Lipinski definition) is 7. The third kappa shape index (κ3) is 5.31. The molecule has 7 heteroatoms. The van der Waals surface area contributed by atoms with Crippen molar-refractivity contribution < 1.29 is 33.6 Å². The first kappa shape index (κ1) is 24.6. The fraction of sp³-hybridized carbons (Fsp3) is 0.259. The van der Waals surface area contributed by atoms with Crippen LogP contribution in [0.4, 0.5) is 0 Å². The van der Waals surface area contributed by atoms with Gasteiger partial charge in [-0.2, -0.15) is 0 Å². The Morgan fingerprint density at radius 3 is 2.21 bits per heavy atom. The molecule has 3 rings (SSSR count). The van der Waals surface area contributed by atoms with E-state index in [0.717, 1.165) is 5.56 Å². The van der Waals surface area contributed by atoms with Crippen LogP contribution in [0.15, 0.2) is 48.5 Å². The number of carbonyl (C=O) groups excluding carboxylic acids is 2. The van der Waals surface area contributed by atoms with Crippen LogP contribution >= 0.6 is 0 Å². The third-order valence-electron chi connectivity index (χ3n) is 5.30. The summed E-state index contributed by atoms with van der Waals surface area (Å²) in [4.78, 5) is 25.1. The van der Waals surface area contributed by atoms with Crippen LogP contribution in [0.1, 0.15) is 49.9 Å². The zero-order valence-electron chi connectivity index (χ0n) is 19.9. The first-order chi connectivity index (χ1) is 16.3. The maximum Gasteiger partial charge on any atom is 0.347 e. The molecule has 0 amide bonds. The van der Waals surface area contributed by atoms with E-state index in [9.17, 15) is 14.7 Å². The summed E-state index contributed by atoms with van der Waals surface area (Å²) >= 11 is 0. The predicted octanol–water partition coefficient (Wildman–Crippen LogP) is 5.30. The van der Waals surface area contributed by atoms with Gasteiger partial charge in [0.25, 0.3) is 0 Å². The molecule has 0 spiro atoms. The Labute approximate surface area is 198 Å². The smallest absolute Gasteiger partial charge is 0.347 e. The van der Waals surface area contributed by atoms with E-state index >= 15 is 0 Å². The molecule has 0 unspecified atom stereocenters. The first-order valence-electron chi connectivity index (χ1n) is 10.8. The van der Waals surface area contributed by atoms with Gasteiger partial charge < -0.3 is 24.1 Å². The van der Waals surface area contributed by atoms with Gasteiger partial charge in [0.05, 0.1) is 13.7 Å². The van der Waals surface area contributed by atoms with E-state index in [1.165, 1.54) is 19.2 Å². The molecule has 0 saturated carbocycles. The highest BCUT2D eigenvalue weighted by atomic mass is 16.5. The van der Waals surface area contributed by atoms with E-state index in [-0.39, 0.29) is 29.2 Å². The molecule has 0 atom stereocenters. The van der Waals surface area contributed by atoms with Gasteiger partial charge in [-0.3, -0.25) is 0 Å². The van der Waals surface area contributed by atoms with Gasteiger partial charge in [0, 0.05) is 11.6 Å². The molecule has 0 fully saturated rings. The number of ether oxygens (including phenoxy) is 4. The SMILES string of the molecule is CCOC(=O)c1c(C)cc(OC(=O)c2c(C)cc(OCc3ccccc3)c(C)c2OC)cc1O. The van der Waals surface area contributed by atoms with Gasteiger partial charge in [-0.05, 0) is 56.5 Å². The standard InChI is InChI=1S/C27H28O7/c1-6-32-26(29)23-16(2)12-20(14-21(23)28)34-27(30)24-17(3)13-22(18(4)25(24)31-5)33-15-19-10-8-7-9-11-19/h7-14,28H,6,15H2,1-5H3. The Balaban J connectivity index is 1.87. The van der Waals surface area contributed by atoms with Crippen LogP contribution in [-0.4, -0.2) is 30.8 Å². The minimum Gasteiger partial charge on any atom is -0.507 e. The number of phenolic OH excluding ortho intramolecular Hbond substituents is 1. The van der Waals surface area contributed by atoms with Crippen LogP contribution in [0.5, 0.6) is 23.0 Å². The van der Waals surface area contributed by atoms with Crippen molar-refractivity contribution in [3.8, 4) is 23.0 Å². The van der Waals surface area contributed by atoms with E-state index in [2.05, 4.69) is 0 Å². The Morgan fingerprint density at radius 2 is 1.59 bits per heavy atom. The van der Waals surface area contributed by atoms with Crippen LogP contribution < -0.4 is 14.2 Å². The van der Waals surface area contributed by atoms with Crippen molar-refractivity contribution in [1.82, 2.24) is 0 Å². The summed E-state index contributed by atoms with van der Waals surface area (Å²) < 4.78 is 22.0. The Kier molecular flexibility index (Phi) is 7.79. The van der Waals surface area contributed by atoms with Crippen LogP contribution in [0.25, 0.3) is 0 Å². The molecule has 3 aromatic carbocycles. The average Bonchev–Trinajstić information content (AvgIpc) is 2.79. The molecule has 0 heterocycles. The molecule has 0 aliphatic carbocycles. The summed E-state index contributed by atoms with van der Waals surface area (Å²) in [6.45, 7) is 7.42. The molecule has 0 radical (unpaired) electrons. The van der Waals surface area contributed by atoms with E-state index in [0.29, 0.717) is 34.8 Å². The van der Waals surface area contributed by atoms with Crippen molar-refractivity contribution in [2.75, 3.05) is 13.7 Å². The maximum absolute atomic E-state index is 13.1. The molecule has 0 bridgehead atoms. The van der Waals surface area contributed by atoms with Crippen LogP contribution in [0.3, 0.4) is 0 Å². The molecule has 34 heavy (non-hydrogen) atoms. The van der Waals surface area contributed by atoms with Crippen molar-refractivity contribution in [3.63, 3.8) is 0 Å². The molecule has 0 aliphatic heterocycles. The van der Waals surface area contributed by atoms with Gasteiger partial charge >= 0.3 is 11.9 Å². The normalized spacial score (nSPS) is 10.5. The van der Waals surface area contributed by atoms with Crippen molar-refractivity contribution in [2.45, 2.75) is 34.3 Å². The number of aromatic hydroxyl groups is 1. The molecule has 7 nitrogen and oxygen atoms in total. The number of aryl methyl sites for hydroxylation is 2. The molecule has 0 aromatic heterocycles. The van der Waals surface area contributed by atoms with E-state index in [1.807, 2.05) is 30.3 Å². The quantitative estimate of drug-likeness (QED) is 0.357. The summed E-state index contributed by atoms with van der Waals surface area (Å²) in [5.41, 5.74) is 2.99. The van der Waals surface area contributed by atoms with Gasteiger partial charge in [0.1, 0.15) is 40.7 Å². The summed E-state index contributed by atoms with van der Waals surface area (Å²) in [6.07, 6.45) is 0. The number of carbonyl (C=O) groups is 2. The van der Waals surface area contributed by atoms with Gasteiger partial charge in [0.15, 0.2) is 0 Å². The van der Waals surface area contributed by atoms with Crippen molar-refractivity contribution >= 4 is 11.9 Å². The number of phenols is 1. The molecule has 1 N–H and O–H groups in total. The lowest BCUT2D eigenvalue weighted by Crippen LogP contribution is -2.14. The predicted molar refractivity (Wildman–Crippen MR) is 127 cm³/mol. The second kappa shape index (κ2) is 10.7. The number of rotatable bonds is 8. The van der Waals surface area contributed by atoms with Crippen LogP contribution in [0, 0.1) is 20.8 Å².